The Morgan fingerprint density at radius 1 is 1.05 bits per heavy atom. The number of carbonyl (C=O) groups excluding carboxylic acids is 2. The van der Waals surface area contributed by atoms with Gasteiger partial charge in [-0.05, 0) is 56.1 Å². The highest BCUT2D eigenvalue weighted by molar-refractivity contribution is 5.94. The van der Waals surface area contributed by atoms with Crippen molar-refractivity contribution in [3.05, 3.63) is 47.0 Å². The summed E-state index contributed by atoms with van der Waals surface area (Å²) in [5.74, 6) is 1.60. The molecule has 2 unspecified atom stereocenters. The number of hydrogen-bond acceptors (Lipinski definition) is 2. The lowest BCUT2D eigenvalue weighted by molar-refractivity contribution is -0.115. The van der Waals surface area contributed by atoms with Gasteiger partial charge in [0, 0.05) is 12.0 Å². The molecule has 0 saturated heterocycles. The van der Waals surface area contributed by atoms with Crippen LogP contribution in [0.4, 0.5) is 0 Å². The highest BCUT2D eigenvalue weighted by Crippen LogP contribution is 2.42. The van der Waals surface area contributed by atoms with Crippen LogP contribution >= 0.6 is 0 Å². The van der Waals surface area contributed by atoms with E-state index in [0.717, 1.165) is 31.2 Å². The zero-order chi connectivity index (χ0) is 14.1. The summed E-state index contributed by atoms with van der Waals surface area (Å²) in [6.07, 6.45) is 6.95. The van der Waals surface area contributed by atoms with Crippen LogP contribution in [0.15, 0.2) is 35.9 Å². The zero-order valence-electron chi connectivity index (χ0n) is 11.9. The molecule has 0 spiro atoms. The van der Waals surface area contributed by atoms with Crippen molar-refractivity contribution in [2.75, 3.05) is 0 Å². The van der Waals surface area contributed by atoms with Crippen molar-refractivity contribution in [1.82, 2.24) is 0 Å². The molecule has 1 fully saturated rings. The van der Waals surface area contributed by atoms with Gasteiger partial charge < -0.3 is 0 Å². The van der Waals surface area contributed by atoms with Gasteiger partial charge in [0.05, 0.1) is 0 Å². The lowest BCUT2D eigenvalue weighted by Crippen LogP contribution is -2.21. The van der Waals surface area contributed by atoms with Crippen LogP contribution in [0, 0.1) is 5.92 Å². The lowest BCUT2D eigenvalue weighted by Gasteiger charge is -2.34. The van der Waals surface area contributed by atoms with Gasteiger partial charge in [-0.1, -0.05) is 29.8 Å². The summed E-state index contributed by atoms with van der Waals surface area (Å²) in [6, 6.07) is 8.08. The zero-order valence-corrected chi connectivity index (χ0v) is 11.9. The van der Waals surface area contributed by atoms with Crippen molar-refractivity contribution in [3.63, 3.8) is 0 Å². The molecule has 1 saturated carbocycles. The molecule has 2 nitrogen and oxygen atoms in total. The molecule has 104 valence electrons. The largest absolute Gasteiger partial charge is 0.295 e. The second-order valence-corrected chi connectivity index (χ2v) is 6.07. The summed E-state index contributed by atoms with van der Waals surface area (Å²) in [5.41, 5.74) is 3.50. The van der Waals surface area contributed by atoms with Gasteiger partial charge in [0.15, 0.2) is 11.6 Å². The maximum absolute atomic E-state index is 11.5. The fraction of sp³-hybridized carbons (Fsp3) is 0.444. The van der Waals surface area contributed by atoms with E-state index in [4.69, 9.17) is 0 Å². The van der Waals surface area contributed by atoms with Crippen LogP contribution in [0.2, 0.25) is 0 Å². The van der Waals surface area contributed by atoms with Crippen molar-refractivity contribution in [3.8, 4) is 0 Å². The molecule has 0 N–H and O–H groups in total. The van der Waals surface area contributed by atoms with Crippen LogP contribution < -0.4 is 0 Å². The molecule has 1 aromatic carbocycles. The van der Waals surface area contributed by atoms with Crippen LogP contribution in [0.5, 0.6) is 0 Å². The van der Waals surface area contributed by atoms with E-state index >= 15 is 0 Å². The molecule has 0 radical (unpaired) electrons. The average Bonchev–Trinajstić information content (AvgIpc) is 2.47. The fourth-order valence-electron chi connectivity index (χ4n) is 3.54. The quantitative estimate of drug-likeness (QED) is 0.758. The third kappa shape index (κ3) is 2.60. The smallest absolute Gasteiger partial charge is 0.159 e. The van der Waals surface area contributed by atoms with Crippen molar-refractivity contribution < 1.29 is 9.59 Å². The summed E-state index contributed by atoms with van der Waals surface area (Å²) in [5, 5.41) is 0. The van der Waals surface area contributed by atoms with Crippen LogP contribution in [0.1, 0.15) is 60.9 Å². The van der Waals surface area contributed by atoms with Crippen molar-refractivity contribution in [2.24, 2.45) is 5.92 Å². The predicted molar refractivity (Wildman–Crippen MR) is 78.9 cm³/mol. The molecule has 2 atom stereocenters. The van der Waals surface area contributed by atoms with E-state index in [2.05, 4.69) is 12.1 Å². The fourth-order valence-corrected chi connectivity index (χ4v) is 3.54. The van der Waals surface area contributed by atoms with Crippen LogP contribution in [0.3, 0.4) is 0 Å². The number of hydrogen-bond donors (Lipinski definition) is 0. The van der Waals surface area contributed by atoms with Crippen LogP contribution in [0.25, 0.3) is 0 Å². The molecule has 0 amide bonds. The predicted octanol–water partition coefficient (Wildman–Crippen LogP) is 4.06. The van der Waals surface area contributed by atoms with E-state index in [9.17, 15) is 9.59 Å². The van der Waals surface area contributed by atoms with E-state index in [1.54, 1.807) is 6.92 Å². The first kappa shape index (κ1) is 13.3. The summed E-state index contributed by atoms with van der Waals surface area (Å²) >= 11 is 0. The summed E-state index contributed by atoms with van der Waals surface area (Å²) < 4.78 is 0. The van der Waals surface area contributed by atoms with Crippen molar-refractivity contribution >= 4 is 11.6 Å². The first-order chi connectivity index (χ1) is 9.63. The third-order valence-corrected chi connectivity index (χ3v) is 4.75. The van der Waals surface area contributed by atoms with Gasteiger partial charge in [-0.15, -0.1) is 0 Å². The number of ketones is 2. The number of fused-ring (bicyclic) bond motifs is 1. The lowest BCUT2D eigenvalue weighted by atomic mass is 9.71. The normalized spacial score (nSPS) is 25.9. The standard InChI is InChI=1S/C18H20O2/c1-12(19)13-2-4-14(5-3-13)15-6-7-17-11-18(20)9-8-16(17)10-15/h2-5,11,15-16H,6-10H2,1H3. The van der Waals surface area contributed by atoms with Gasteiger partial charge in [-0.2, -0.15) is 0 Å². The van der Waals surface area contributed by atoms with Crippen LogP contribution in [-0.2, 0) is 4.79 Å². The Balaban J connectivity index is 1.75. The van der Waals surface area contributed by atoms with Gasteiger partial charge in [0.1, 0.15) is 0 Å². The SMILES string of the molecule is CC(=O)c1ccc(C2CCC3=CC(=O)CCC3C2)cc1. The molecule has 2 aliphatic carbocycles. The monoisotopic (exact) mass is 268 g/mol. The van der Waals surface area contributed by atoms with E-state index < -0.39 is 0 Å². The maximum Gasteiger partial charge on any atom is 0.159 e. The molecule has 20 heavy (non-hydrogen) atoms. The van der Waals surface area contributed by atoms with Crippen molar-refractivity contribution in [2.45, 2.75) is 44.9 Å². The topological polar surface area (TPSA) is 34.1 Å². The first-order valence-corrected chi connectivity index (χ1v) is 7.47. The van der Waals surface area contributed by atoms with Gasteiger partial charge in [-0.3, -0.25) is 9.59 Å². The Morgan fingerprint density at radius 3 is 2.45 bits per heavy atom. The summed E-state index contributed by atoms with van der Waals surface area (Å²) in [7, 11) is 0. The van der Waals surface area contributed by atoms with E-state index in [1.165, 1.54) is 11.1 Å². The Kier molecular flexibility index (Phi) is 3.56. The molecule has 2 heteroatoms. The van der Waals surface area contributed by atoms with Gasteiger partial charge in [-0.25, -0.2) is 0 Å². The molecule has 2 aliphatic rings. The highest BCUT2D eigenvalue weighted by Gasteiger charge is 2.29. The number of allylic oxidation sites excluding steroid dienone is 2. The van der Waals surface area contributed by atoms with E-state index in [1.807, 2.05) is 18.2 Å². The molecule has 0 aliphatic heterocycles. The third-order valence-electron chi connectivity index (χ3n) is 4.75. The number of carbonyl (C=O) groups is 2. The van der Waals surface area contributed by atoms with E-state index in [0.29, 0.717) is 24.0 Å². The molecular formula is C18H20O2. The average molecular weight is 268 g/mol. The minimum absolute atomic E-state index is 0.121. The van der Waals surface area contributed by atoms with Gasteiger partial charge in [0.2, 0.25) is 0 Å². The molecular weight excluding hydrogens is 248 g/mol. The highest BCUT2D eigenvalue weighted by atomic mass is 16.1. The van der Waals surface area contributed by atoms with Crippen LogP contribution in [-0.4, -0.2) is 11.6 Å². The number of benzene rings is 1. The Labute approximate surface area is 119 Å². The summed E-state index contributed by atoms with van der Waals surface area (Å²) in [6.45, 7) is 1.60. The Bertz CT molecular complexity index is 566. The summed E-state index contributed by atoms with van der Waals surface area (Å²) in [4.78, 5) is 22.8. The minimum Gasteiger partial charge on any atom is -0.295 e. The molecule has 3 rings (SSSR count). The van der Waals surface area contributed by atoms with E-state index in [-0.39, 0.29) is 5.78 Å². The van der Waals surface area contributed by atoms with Crippen molar-refractivity contribution in [1.29, 1.82) is 0 Å². The Hall–Kier alpha value is -1.70. The van der Waals surface area contributed by atoms with Gasteiger partial charge >= 0.3 is 0 Å². The molecule has 0 bridgehead atoms. The number of rotatable bonds is 2. The second kappa shape index (κ2) is 5.35. The first-order valence-electron chi connectivity index (χ1n) is 7.47. The van der Waals surface area contributed by atoms with Gasteiger partial charge in [0.25, 0.3) is 0 Å². The molecule has 0 aromatic heterocycles. The molecule has 1 aromatic rings. The minimum atomic E-state index is 0.121. The second-order valence-electron chi connectivity index (χ2n) is 6.07. The molecule has 0 heterocycles. The Morgan fingerprint density at radius 2 is 1.75 bits per heavy atom. The maximum atomic E-state index is 11.5. The number of Topliss-reactive ketones (excluding diaryl/α,β-unsaturated/α-hetero) is 1.